The summed E-state index contributed by atoms with van der Waals surface area (Å²) >= 11 is 0. The lowest BCUT2D eigenvalue weighted by molar-refractivity contribution is 0.102. The van der Waals surface area contributed by atoms with Crippen molar-refractivity contribution in [2.75, 3.05) is 5.32 Å². The quantitative estimate of drug-likeness (QED) is 0.884. The number of aryl methyl sites for hydroxylation is 2. The molecule has 20 heavy (non-hydrogen) atoms. The molecule has 0 aliphatic carbocycles. The van der Waals surface area contributed by atoms with E-state index in [0.717, 1.165) is 24.0 Å². The van der Waals surface area contributed by atoms with Crippen LogP contribution in [-0.2, 0) is 6.42 Å². The fraction of sp³-hybridized carbons (Fsp3) is 0.235. The van der Waals surface area contributed by atoms with Crippen molar-refractivity contribution >= 4 is 11.6 Å². The first kappa shape index (κ1) is 14.1. The summed E-state index contributed by atoms with van der Waals surface area (Å²) in [6, 6.07) is 12.6. The van der Waals surface area contributed by atoms with E-state index in [0.29, 0.717) is 11.3 Å². The molecule has 0 fully saturated rings. The number of aromatic hydroxyl groups is 1. The van der Waals surface area contributed by atoms with Gasteiger partial charge in [0.15, 0.2) is 0 Å². The maximum absolute atomic E-state index is 12.2. The number of nitrogens with one attached hydrogen (secondary N) is 1. The summed E-state index contributed by atoms with van der Waals surface area (Å²) < 4.78 is 0. The summed E-state index contributed by atoms with van der Waals surface area (Å²) in [5, 5.41) is 12.5. The van der Waals surface area contributed by atoms with Gasteiger partial charge in [-0.3, -0.25) is 4.79 Å². The van der Waals surface area contributed by atoms with Crippen LogP contribution in [0.2, 0.25) is 0 Å². The first-order valence-electron chi connectivity index (χ1n) is 6.79. The molecule has 0 aliphatic rings. The smallest absolute Gasteiger partial charge is 0.255 e. The number of phenolic OH excluding ortho intramolecular Hbond substituents is 1. The Morgan fingerprint density at radius 2 is 2.00 bits per heavy atom. The summed E-state index contributed by atoms with van der Waals surface area (Å²) in [7, 11) is 0. The Balaban J connectivity index is 2.19. The molecule has 0 aromatic heterocycles. The highest BCUT2D eigenvalue weighted by Gasteiger charge is 2.07. The van der Waals surface area contributed by atoms with Crippen molar-refractivity contribution in [3.63, 3.8) is 0 Å². The molecule has 2 aromatic rings. The van der Waals surface area contributed by atoms with Gasteiger partial charge in [-0.2, -0.15) is 0 Å². The average Bonchev–Trinajstić information content (AvgIpc) is 2.38. The van der Waals surface area contributed by atoms with Crippen LogP contribution in [-0.4, -0.2) is 11.0 Å². The van der Waals surface area contributed by atoms with Crippen molar-refractivity contribution in [3.8, 4) is 5.75 Å². The molecule has 2 aromatic carbocycles. The Morgan fingerprint density at radius 3 is 2.70 bits per heavy atom. The number of phenols is 1. The lowest BCUT2D eigenvalue weighted by atomic mass is 10.1. The van der Waals surface area contributed by atoms with Gasteiger partial charge in [0.2, 0.25) is 0 Å². The van der Waals surface area contributed by atoms with E-state index < -0.39 is 0 Å². The lowest BCUT2D eigenvalue weighted by Gasteiger charge is -2.09. The van der Waals surface area contributed by atoms with E-state index >= 15 is 0 Å². The van der Waals surface area contributed by atoms with Crippen LogP contribution in [0.3, 0.4) is 0 Å². The maximum Gasteiger partial charge on any atom is 0.255 e. The van der Waals surface area contributed by atoms with Gasteiger partial charge in [-0.05, 0) is 43.2 Å². The molecule has 2 N–H and O–H groups in total. The van der Waals surface area contributed by atoms with Crippen LogP contribution >= 0.6 is 0 Å². The predicted molar refractivity (Wildman–Crippen MR) is 81.2 cm³/mol. The van der Waals surface area contributed by atoms with Gasteiger partial charge in [0.1, 0.15) is 5.75 Å². The number of carbonyl (C=O) groups is 1. The van der Waals surface area contributed by atoms with Crippen molar-refractivity contribution in [1.29, 1.82) is 0 Å². The Labute approximate surface area is 119 Å². The van der Waals surface area contributed by atoms with Crippen molar-refractivity contribution in [3.05, 3.63) is 59.2 Å². The molecule has 0 atom stereocenters. The largest absolute Gasteiger partial charge is 0.508 e. The molecule has 0 saturated carbocycles. The third-order valence-electron chi connectivity index (χ3n) is 3.05. The van der Waals surface area contributed by atoms with Crippen LogP contribution in [0.5, 0.6) is 5.75 Å². The third kappa shape index (κ3) is 3.60. The minimum atomic E-state index is -0.165. The molecule has 104 valence electrons. The topological polar surface area (TPSA) is 49.3 Å². The summed E-state index contributed by atoms with van der Waals surface area (Å²) in [5.41, 5.74) is 3.30. The number of amides is 1. The van der Waals surface area contributed by atoms with Crippen molar-refractivity contribution < 1.29 is 9.90 Å². The summed E-state index contributed by atoms with van der Waals surface area (Å²) in [6.45, 7) is 4.03. The fourth-order valence-corrected chi connectivity index (χ4v) is 2.17. The minimum Gasteiger partial charge on any atom is -0.508 e. The first-order valence-corrected chi connectivity index (χ1v) is 6.79. The van der Waals surface area contributed by atoms with Gasteiger partial charge in [0, 0.05) is 17.3 Å². The second-order valence-electron chi connectivity index (χ2n) is 4.96. The molecule has 0 saturated heterocycles. The maximum atomic E-state index is 12.2. The zero-order valence-corrected chi connectivity index (χ0v) is 11.8. The predicted octanol–water partition coefficient (Wildman–Crippen LogP) is 3.91. The van der Waals surface area contributed by atoms with E-state index in [1.807, 2.05) is 31.2 Å². The van der Waals surface area contributed by atoms with Crippen LogP contribution in [0, 0.1) is 6.92 Å². The van der Waals surface area contributed by atoms with Crippen molar-refractivity contribution in [2.24, 2.45) is 0 Å². The SMILES string of the molecule is CCCc1cc(O)cc(NC(=O)c2cccc(C)c2)c1. The lowest BCUT2D eigenvalue weighted by Crippen LogP contribution is -2.12. The Kier molecular flexibility index (Phi) is 4.41. The van der Waals surface area contributed by atoms with E-state index in [4.69, 9.17) is 0 Å². The molecule has 0 unspecified atom stereocenters. The van der Waals surface area contributed by atoms with E-state index in [1.54, 1.807) is 18.2 Å². The van der Waals surface area contributed by atoms with Gasteiger partial charge in [0.05, 0.1) is 0 Å². The molecule has 0 heterocycles. The van der Waals surface area contributed by atoms with Crippen molar-refractivity contribution in [2.45, 2.75) is 26.7 Å². The number of rotatable bonds is 4. The molecule has 0 radical (unpaired) electrons. The molecule has 3 nitrogen and oxygen atoms in total. The monoisotopic (exact) mass is 269 g/mol. The minimum absolute atomic E-state index is 0.165. The Morgan fingerprint density at radius 1 is 1.20 bits per heavy atom. The van der Waals surface area contributed by atoms with Crippen molar-refractivity contribution in [1.82, 2.24) is 0 Å². The molecule has 0 aliphatic heterocycles. The highest BCUT2D eigenvalue weighted by atomic mass is 16.3. The van der Waals surface area contributed by atoms with Gasteiger partial charge >= 0.3 is 0 Å². The molecule has 2 rings (SSSR count). The van der Waals surface area contributed by atoms with Gasteiger partial charge in [0.25, 0.3) is 5.91 Å². The Bertz CT molecular complexity index is 620. The van der Waals surface area contributed by atoms with E-state index in [9.17, 15) is 9.90 Å². The number of benzene rings is 2. The van der Waals surface area contributed by atoms with E-state index in [-0.39, 0.29) is 11.7 Å². The summed E-state index contributed by atoms with van der Waals surface area (Å²) in [5.74, 6) is 0.0113. The number of anilines is 1. The second-order valence-corrected chi connectivity index (χ2v) is 4.96. The highest BCUT2D eigenvalue weighted by molar-refractivity contribution is 6.04. The highest BCUT2D eigenvalue weighted by Crippen LogP contribution is 2.21. The van der Waals surface area contributed by atoms with Crippen LogP contribution < -0.4 is 5.32 Å². The van der Waals surface area contributed by atoms with E-state index in [1.165, 1.54) is 0 Å². The molecule has 3 heteroatoms. The second kappa shape index (κ2) is 6.24. The van der Waals surface area contributed by atoms with Crippen LogP contribution in [0.25, 0.3) is 0 Å². The average molecular weight is 269 g/mol. The fourth-order valence-electron chi connectivity index (χ4n) is 2.17. The van der Waals surface area contributed by atoms with Gasteiger partial charge in [-0.1, -0.05) is 31.0 Å². The summed E-state index contributed by atoms with van der Waals surface area (Å²) in [4.78, 5) is 12.2. The Hall–Kier alpha value is -2.29. The van der Waals surface area contributed by atoms with Gasteiger partial charge in [-0.15, -0.1) is 0 Å². The zero-order chi connectivity index (χ0) is 14.5. The first-order chi connectivity index (χ1) is 9.58. The molecule has 0 spiro atoms. The van der Waals surface area contributed by atoms with Crippen LogP contribution in [0.4, 0.5) is 5.69 Å². The normalized spacial score (nSPS) is 10.3. The standard InChI is InChI=1S/C17H19NO2/c1-3-5-13-9-15(11-16(19)10-13)18-17(20)14-7-4-6-12(2)8-14/h4,6-11,19H,3,5H2,1-2H3,(H,18,20). The molecule has 1 amide bonds. The molecular formula is C17H19NO2. The number of hydrogen-bond acceptors (Lipinski definition) is 2. The zero-order valence-electron chi connectivity index (χ0n) is 11.8. The van der Waals surface area contributed by atoms with Gasteiger partial charge in [-0.25, -0.2) is 0 Å². The third-order valence-corrected chi connectivity index (χ3v) is 3.05. The number of carbonyl (C=O) groups excluding carboxylic acids is 1. The van der Waals surface area contributed by atoms with Crippen LogP contribution in [0.1, 0.15) is 34.8 Å². The number of hydrogen-bond donors (Lipinski definition) is 2. The molecular weight excluding hydrogens is 250 g/mol. The van der Waals surface area contributed by atoms with Crippen LogP contribution in [0.15, 0.2) is 42.5 Å². The summed E-state index contributed by atoms with van der Waals surface area (Å²) in [6.07, 6.45) is 1.87. The van der Waals surface area contributed by atoms with E-state index in [2.05, 4.69) is 12.2 Å². The molecule has 0 bridgehead atoms. The van der Waals surface area contributed by atoms with Gasteiger partial charge < -0.3 is 10.4 Å².